The van der Waals surface area contributed by atoms with Gasteiger partial charge in [-0.15, -0.1) is 0 Å². The van der Waals surface area contributed by atoms with Crippen LogP contribution in [0.3, 0.4) is 0 Å². The van der Waals surface area contributed by atoms with E-state index in [1.54, 1.807) is 0 Å². The molecule has 4 nitrogen and oxygen atoms in total. The van der Waals surface area contributed by atoms with Crippen LogP contribution in [0.2, 0.25) is 0 Å². The number of hydrogen-bond donors (Lipinski definition) is 1. The zero-order valence-corrected chi connectivity index (χ0v) is 6.53. The van der Waals surface area contributed by atoms with Gasteiger partial charge < -0.3 is 0 Å². The van der Waals surface area contributed by atoms with Crippen molar-refractivity contribution in [3.05, 3.63) is 45.6 Å². The maximum absolute atomic E-state index is 11.1. The summed E-state index contributed by atoms with van der Waals surface area (Å²) in [5, 5.41) is 2.11. The maximum atomic E-state index is 11.1. The molecule has 0 spiro atoms. The number of rotatable bonds is 0. The lowest BCUT2D eigenvalue weighted by Gasteiger charge is -1.83. The molecule has 0 aliphatic carbocycles. The van der Waals surface area contributed by atoms with E-state index in [0.717, 1.165) is 6.07 Å². The molecule has 2 amide bonds. The summed E-state index contributed by atoms with van der Waals surface area (Å²) in [5.41, 5.74) is 0.123. The molecule has 0 saturated heterocycles. The summed E-state index contributed by atoms with van der Waals surface area (Å²) in [6, 6.07) is 5.38. The Labute approximate surface area is 73.2 Å². The zero-order chi connectivity index (χ0) is 9.42. The Morgan fingerprint density at radius 3 is 2.38 bits per heavy atom. The molecule has 2 rings (SSSR count). The van der Waals surface area contributed by atoms with Crippen molar-refractivity contribution >= 4 is 11.8 Å². The molecule has 1 heterocycles. The Morgan fingerprint density at radius 1 is 0.923 bits per heavy atom. The SMILES string of the molecule is O=C1NC(=O)c2cc(=O)cccc21. The molecule has 1 aromatic carbocycles. The van der Waals surface area contributed by atoms with Crippen LogP contribution in [-0.2, 0) is 0 Å². The van der Waals surface area contributed by atoms with E-state index in [0.29, 0.717) is 0 Å². The van der Waals surface area contributed by atoms with Gasteiger partial charge in [0.1, 0.15) is 0 Å². The molecule has 1 N–H and O–H groups in total. The minimum absolute atomic E-state index is 0.153. The van der Waals surface area contributed by atoms with Crippen molar-refractivity contribution in [2.24, 2.45) is 0 Å². The van der Waals surface area contributed by atoms with Crippen molar-refractivity contribution in [2.45, 2.75) is 0 Å². The minimum Gasteiger partial charge on any atom is -0.290 e. The number of nitrogens with one attached hydrogen (secondary N) is 1. The summed E-state index contributed by atoms with van der Waals surface area (Å²) in [6.45, 7) is 0. The molecule has 1 aliphatic heterocycles. The van der Waals surface area contributed by atoms with E-state index in [-0.39, 0.29) is 16.6 Å². The first kappa shape index (κ1) is 7.67. The van der Waals surface area contributed by atoms with Crippen LogP contribution in [0.5, 0.6) is 0 Å². The lowest BCUT2D eigenvalue weighted by atomic mass is 10.2. The van der Waals surface area contributed by atoms with Gasteiger partial charge in [-0.3, -0.25) is 19.7 Å². The molecule has 0 radical (unpaired) electrons. The van der Waals surface area contributed by atoms with Crippen molar-refractivity contribution in [1.29, 1.82) is 0 Å². The van der Waals surface area contributed by atoms with Gasteiger partial charge in [0.15, 0.2) is 5.43 Å². The second kappa shape index (κ2) is 2.52. The summed E-state index contributed by atoms with van der Waals surface area (Å²) in [7, 11) is 0. The number of amides is 2. The summed E-state index contributed by atoms with van der Waals surface area (Å²) in [4.78, 5) is 33.2. The molecule has 13 heavy (non-hydrogen) atoms. The van der Waals surface area contributed by atoms with Gasteiger partial charge in [0.2, 0.25) is 0 Å². The molecule has 0 saturated carbocycles. The lowest BCUT2D eigenvalue weighted by Crippen LogP contribution is -2.20. The van der Waals surface area contributed by atoms with Crippen molar-refractivity contribution in [3.63, 3.8) is 0 Å². The molecule has 1 aliphatic rings. The first-order valence-electron chi connectivity index (χ1n) is 3.68. The standard InChI is InChI=1S/C9H5NO3/c11-5-2-1-3-6-7(4-5)9(13)10-8(6)12/h1-4H,(H,10,12,13). The third-order valence-corrected chi connectivity index (χ3v) is 1.82. The van der Waals surface area contributed by atoms with Crippen LogP contribution in [0, 0.1) is 0 Å². The van der Waals surface area contributed by atoms with Gasteiger partial charge in [0.25, 0.3) is 11.8 Å². The molecule has 0 aromatic heterocycles. The topological polar surface area (TPSA) is 63.2 Å². The predicted molar refractivity (Wildman–Crippen MR) is 44.5 cm³/mol. The van der Waals surface area contributed by atoms with E-state index in [2.05, 4.69) is 5.32 Å². The first-order chi connectivity index (χ1) is 6.18. The smallest absolute Gasteiger partial charge is 0.259 e. The number of fused-ring (bicyclic) bond motifs is 1. The van der Waals surface area contributed by atoms with Crippen LogP contribution in [0.1, 0.15) is 20.7 Å². The monoisotopic (exact) mass is 175 g/mol. The highest BCUT2D eigenvalue weighted by Gasteiger charge is 2.25. The molecule has 0 bridgehead atoms. The summed E-state index contributed by atoms with van der Waals surface area (Å²) in [6.07, 6.45) is 0. The average Bonchev–Trinajstić information content (AvgIpc) is 2.28. The lowest BCUT2D eigenvalue weighted by molar-refractivity contribution is 0.0879. The fourth-order valence-electron chi connectivity index (χ4n) is 1.22. The van der Waals surface area contributed by atoms with Crippen LogP contribution >= 0.6 is 0 Å². The normalized spacial score (nSPS) is 13.8. The first-order valence-corrected chi connectivity index (χ1v) is 3.68. The number of carbonyl (C=O) groups is 2. The number of carbonyl (C=O) groups excluding carboxylic acids is 2. The second-order valence-electron chi connectivity index (χ2n) is 2.68. The highest BCUT2D eigenvalue weighted by molar-refractivity contribution is 6.21. The summed E-state index contributed by atoms with van der Waals surface area (Å²) in [5.74, 6) is -0.955. The molecule has 0 fully saturated rings. The fraction of sp³-hybridized carbons (Fsp3) is 0. The largest absolute Gasteiger partial charge is 0.290 e. The summed E-state index contributed by atoms with van der Waals surface area (Å²) < 4.78 is 0. The van der Waals surface area contributed by atoms with Crippen LogP contribution < -0.4 is 10.7 Å². The van der Waals surface area contributed by atoms with E-state index < -0.39 is 11.8 Å². The average molecular weight is 175 g/mol. The van der Waals surface area contributed by atoms with E-state index >= 15 is 0 Å². The highest BCUT2D eigenvalue weighted by atomic mass is 16.2. The second-order valence-corrected chi connectivity index (χ2v) is 2.68. The molecular weight excluding hydrogens is 170 g/mol. The third kappa shape index (κ3) is 1.12. The zero-order valence-electron chi connectivity index (χ0n) is 6.53. The molecule has 4 heteroatoms. The maximum Gasteiger partial charge on any atom is 0.259 e. The molecule has 0 atom stereocenters. The van der Waals surface area contributed by atoms with Crippen molar-refractivity contribution < 1.29 is 9.59 Å². The van der Waals surface area contributed by atoms with Crippen molar-refractivity contribution in [1.82, 2.24) is 5.32 Å². The molecule has 0 unspecified atom stereocenters. The minimum atomic E-state index is -0.506. The summed E-state index contributed by atoms with van der Waals surface area (Å²) >= 11 is 0. The molecule has 64 valence electrons. The molecular formula is C9H5NO3. The van der Waals surface area contributed by atoms with E-state index in [4.69, 9.17) is 0 Å². The Balaban J connectivity index is 2.82. The van der Waals surface area contributed by atoms with Gasteiger partial charge in [-0.05, 0) is 18.2 Å². The third-order valence-electron chi connectivity index (χ3n) is 1.82. The van der Waals surface area contributed by atoms with Crippen LogP contribution in [-0.4, -0.2) is 11.8 Å². The van der Waals surface area contributed by atoms with Crippen LogP contribution in [0.15, 0.2) is 29.1 Å². The number of hydrogen-bond acceptors (Lipinski definition) is 3. The number of imide groups is 1. The van der Waals surface area contributed by atoms with Gasteiger partial charge in [-0.25, -0.2) is 0 Å². The van der Waals surface area contributed by atoms with Gasteiger partial charge in [0.05, 0.1) is 11.1 Å². The highest BCUT2D eigenvalue weighted by Crippen LogP contribution is 2.11. The fourth-order valence-corrected chi connectivity index (χ4v) is 1.22. The Hall–Kier alpha value is -1.97. The van der Waals surface area contributed by atoms with E-state index in [1.165, 1.54) is 18.2 Å². The van der Waals surface area contributed by atoms with E-state index in [9.17, 15) is 14.4 Å². The van der Waals surface area contributed by atoms with Gasteiger partial charge >= 0.3 is 0 Å². The van der Waals surface area contributed by atoms with Gasteiger partial charge in [-0.2, -0.15) is 0 Å². The Kier molecular flexibility index (Phi) is 1.48. The van der Waals surface area contributed by atoms with E-state index in [1.807, 2.05) is 0 Å². The molecule has 1 aromatic rings. The van der Waals surface area contributed by atoms with Crippen molar-refractivity contribution in [2.75, 3.05) is 0 Å². The Bertz CT molecular complexity index is 465. The van der Waals surface area contributed by atoms with Crippen LogP contribution in [0.4, 0.5) is 0 Å². The van der Waals surface area contributed by atoms with Gasteiger partial charge in [0, 0.05) is 0 Å². The van der Waals surface area contributed by atoms with Gasteiger partial charge in [-0.1, -0.05) is 6.07 Å². The van der Waals surface area contributed by atoms with Crippen LogP contribution in [0.25, 0.3) is 0 Å². The quantitative estimate of drug-likeness (QED) is 0.561. The predicted octanol–water partition coefficient (Wildman–Crippen LogP) is -0.0696. The Morgan fingerprint density at radius 2 is 1.62 bits per heavy atom. The van der Waals surface area contributed by atoms with Crippen molar-refractivity contribution in [3.8, 4) is 0 Å².